The Morgan fingerprint density at radius 3 is 2.44 bits per heavy atom. The van der Waals surface area contributed by atoms with E-state index in [-0.39, 0.29) is 24.0 Å². The maximum atomic E-state index is 5.35. The second-order valence-corrected chi connectivity index (χ2v) is 7.15. The molecule has 1 fully saturated rings. The molecule has 0 aromatic carbocycles. The molecule has 1 saturated heterocycles. The first-order valence-electron chi connectivity index (χ1n) is 9.97. The molecule has 0 aliphatic carbocycles. The minimum Gasteiger partial charge on any atom is -0.382 e. The summed E-state index contributed by atoms with van der Waals surface area (Å²) in [7, 11) is 0. The smallest absolute Gasteiger partial charge is 0.191 e. The van der Waals surface area contributed by atoms with Gasteiger partial charge in [-0.2, -0.15) is 0 Å². The minimum absolute atomic E-state index is 0. The van der Waals surface area contributed by atoms with Gasteiger partial charge in [-0.25, -0.2) is 0 Å². The number of hydrogen-bond donors (Lipinski definition) is 2. The molecule has 150 valence electrons. The van der Waals surface area contributed by atoms with Gasteiger partial charge >= 0.3 is 0 Å². The molecule has 2 unspecified atom stereocenters. The normalized spacial score (nSPS) is 21.7. The van der Waals surface area contributed by atoms with Crippen LogP contribution in [0.2, 0.25) is 0 Å². The first-order chi connectivity index (χ1) is 11.7. The lowest BCUT2D eigenvalue weighted by Crippen LogP contribution is -2.40. The van der Waals surface area contributed by atoms with Gasteiger partial charge in [0.15, 0.2) is 5.96 Å². The highest BCUT2D eigenvalue weighted by Gasteiger charge is 2.20. The van der Waals surface area contributed by atoms with Crippen LogP contribution in [-0.4, -0.2) is 63.3 Å². The highest BCUT2D eigenvalue weighted by molar-refractivity contribution is 14.0. The van der Waals surface area contributed by atoms with Crippen molar-refractivity contribution in [3.05, 3.63) is 0 Å². The molecule has 1 aliphatic heterocycles. The number of rotatable bonds is 11. The number of nitrogens with one attached hydrogen (secondary N) is 2. The molecule has 0 saturated carbocycles. The van der Waals surface area contributed by atoms with E-state index in [0.29, 0.717) is 0 Å². The Balaban J connectivity index is 0.00000576. The summed E-state index contributed by atoms with van der Waals surface area (Å²) in [6, 6.07) is 0. The molecule has 25 heavy (non-hydrogen) atoms. The number of ether oxygens (including phenoxy) is 1. The summed E-state index contributed by atoms with van der Waals surface area (Å²) in [5.74, 6) is 2.65. The third kappa shape index (κ3) is 12.8. The number of guanidine groups is 1. The van der Waals surface area contributed by atoms with Crippen LogP contribution in [0.15, 0.2) is 4.99 Å². The number of nitrogens with zero attached hydrogens (tertiary/aromatic N) is 2. The van der Waals surface area contributed by atoms with Gasteiger partial charge in [-0.15, -0.1) is 24.0 Å². The van der Waals surface area contributed by atoms with Gasteiger partial charge in [0.05, 0.1) is 0 Å². The van der Waals surface area contributed by atoms with Gasteiger partial charge in [-0.05, 0) is 57.9 Å². The van der Waals surface area contributed by atoms with E-state index in [1.54, 1.807) is 0 Å². The molecule has 1 heterocycles. The largest absolute Gasteiger partial charge is 0.382 e. The quantitative estimate of drug-likeness (QED) is 0.211. The van der Waals surface area contributed by atoms with Crippen LogP contribution in [0, 0.1) is 11.8 Å². The minimum atomic E-state index is 0. The summed E-state index contributed by atoms with van der Waals surface area (Å²) in [5, 5.41) is 6.76. The molecule has 0 bridgehead atoms. The van der Waals surface area contributed by atoms with E-state index in [4.69, 9.17) is 4.74 Å². The Morgan fingerprint density at radius 1 is 1.08 bits per heavy atom. The number of hydrogen-bond acceptors (Lipinski definition) is 3. The fourth-order valence-corrected chi connectivity index (χ4v) is 3.49. The average molecular weight is 468 g/mol. The average Bonchev–Trinajstić information content (AvgIpc) is 2.53. The maximum absolute atomic E-state index is 5.35. The van der Waals surface area contributed by atoms with E-state index >= 15 is 0 Å². The van der Waals surface area contributed by atoms with Gasteiger partial charge in [0.2, 0.25) is 0 Å². The number of halogens is 1. The zero-order valence-corrected chi connectivity index (χ0v) is 19.2. The van der Waals surface area contributed by atoms with Crippen molar-refractivity contribution in [1.82, 2.24) is 15.5 Å². The monoisotopic (exact) mass is 468 g/mol. The summed E-state index contributed by atoms with van der Waals surface area (Å²) in [4.78, 5) is 7.24. The lowest BCUT2D eigenvalue weighted by molar-refractivity contribution is 0.139. The summed E-state index contributed by atoms with van der Waals surface area (Å²) in [6.07, 6.45) is 4.83. The van der Waals surface area contributed by atoms with E-state index in [2.05, 4.69) is 41.3 Å². The van der Waals surface area contributed by atoms with Crippen molar-refractivity contribution in [2.45, 2.75) is 53.4 Å². The predicted molar refractivity (Wildman–Crippen MR) is 119 cm³/mol. The Morgan fingerprint density at radius 2 is 1.80 bits per heavy atom. The fourth-order valence-electron chi connectivity index (χ4n) is 3.49. The van der Waals surface area contributed by atoms with Crippen LogP contribution < -0.4 is 10.6 Å². The van der Waals surface area contributed by atoms with E-state index in [9.17, 15) is 0 Å². The topological polar surface area (TPSA) is 48.9 Å². The first-order valence-corrected chi connectivity index (χ1v) is 9.97. The van der Waals surface area contributed by atoms with Gasteiger partial charge < -0.3 is 20.3 Å². The summed E-state index contributed by atoms with van der Waals surface area (Å²) in [5.41, 5.74) is 0. The van der Waals surface area contributed by atoms with Crippen LogP contribution in [0.3, 0.4) is 0 Å². The van der Waals surface area contributed by atoms with Crippen molar-refractivity contribution in [2.24, 2.45) is 16.8 Å². The van der Waals surface area contributed by atoms with E-state index in [1.165, 1.54) is 38.9 Å². The number of unbranched alkanes of at least 4 members (excludes halogenated alkanes) is 1. The second kappa shape index (κ2) is 16.1. The third-order valence-electron chi connectivity index (χ3n) is 4.40. The van der Waals surface area contributed by atoms with E-state index in [1.807, 2.05) is 6.92 Å². The van der Waals surface area contributed by atoms with Crippen molar-refractivity contribution in [1.29, 1.82) is 0 Å². The van der Waals surface area contributed by atoms with Crippen molar-refractivity contribution in [3.63, 3.8) is 0 Å². The predicted octanol–water partition coefficient (Wildman–Crippen LogP) is 3.34. The Kier molecular flexibility index (Phi) is 16.1. The van der Waals surface area contributed by atoms with E-state index in [0.717, 1.165) is 57.1 Å². The molecule has 2 atom stereocenters. The van der Waals surface area contributed by atoms with Crippen molar-refractivity contribution < 1.29 is 4.74 Å². The molecule has 0 aromatic rings. The molecule has 0 radical (unpaired) electrons. The van der Waals surface area contributed by atoms with Crippen molar-refractivity contribution in [2.75, 3.05) is 52.5 Å². The summed E-state index contributed by atoms with van der Waals surface area (Å²) >= 11 is 0. The Labute approximate surface area is 172 Å². The van der Waals surface area contributed by atoms with Crippen molar-refractivity contribution in [3.8, 4) is 0 Å². The van der Waals surface area contributed by atoms with Gasteiger partial charge in [0, 0.05) is 45.9 Å². The highest BCUT2D eigenvalue weighted by Crippen LogP contribution is 2.20. The second-order valence-electron chi connectivity index (χ2n) is 7.15. The molecule has 2 N–H and O–H groups in total. The summed E-state index contributed by atoms with van der Waals surface area (Å²) in [6.45, 7) is 17.0. The number of aliphatic imine (C=N–C) groups is 1. The van der Waals surface area contributed by atoms with Crippen LogP contribution in [0.5, 0.6) is 0 Å². The molecular formula is C19H41IN4O. The highest BCUT2D eigenvalue weighted by atomic mass is 127. The Bertz CT molecular complexity index is 331. The molecule has 0 spiro atoms. The summed E-state index contributed by atoms with van der Waals surface area (Å²) < 4.78 is 5.35. The Hall–Kier alpha value is -0.0800. The molecule has 1 aliphatic rings. The number of likely N-dealkylation sites (tertiary alicyclic amines) is 1. The molecule has 1 rings (SSSR count). The van der Waals surface area contributed by atoms with Gasteiger partial charge in [0.25, 0.3) is 0 Å². The van der Waals surface area contributed by atoms with Crippen LogP contribution in [0.4, 0.5) is 0 Å². The number of piperidine rings is 1. The molecule has 0 aromatic heterocycles. The van der Waals surface area contributed by atoms with Gasteiger partial charge in [0.1, 0.15) is 0 Å². The zero-order chi connectivity index (χ0) is 17.6. The SMILES string of the molecule is CCNC(=NCCCOCC)NCCCCN1CC(C)CC(C)C1.I. The first kappa shape index (κ1) is 24.9. The zero-order valence-electron chi connectivity index (χ0n) is 16.9. The van der Waals surface area contributed by atoms with Crippen LogP contribution >= 0.6 is 24.0 Å². The van der Waals surface area contributed by atoms with Gasteiger partial charge in [-0.3, -0.25) is 4.99 Å². The lowest BCUT2D eigenvalue weighted by Gasteiger charge is -2.34. The lowest BCUT2D eigenvalue weighted by atomic mass is 9.92. The van der Waals surface area contributed by atoms with Gasteiger partial charge in [-0.1, -0.05) is 13.8 Å². The third-order valence-corrected chi connectivity index (χ3v) is 4.40. The van der Waals surface area contributed by atoms with E-state index < -0.39 is 0 Å². The fraction of sp³-hybridized carbons (Fsp3) is 0.947. The van der Waals surface area contributed by atoms with Crippen LogP contribution in [0.1, 0.15) is 53.4 Å². The molecule has 5 nitrogen and oxygen atoms in total. The van der Waals surface area contributed by atoms with Crippen LogP contribution in [0.25, 0.3) is 0 Å². The molecule has 0 amide bonds. The molecule has 6 heteroatoms. The maximum Gasteiger partial charge on any atom is 0.191 e. The van der Waals surface area contributed by atoms with Crippen molar-refractivity contribution >= 4 is 29.9 Å². The molecular weight excluding hydrogens is 427 g/mol. The van der Waals surface area contributed by atoms with Crippen LogP contribution in [-0.2, 0) is 4.74 Å². The standard InChI is InChI=1S/C19H40N4O.HI/c1-5-20-19(22-11-9-13-24-6-2)21-10-7-8-12-23-15-17(3)14-18(4)16-23;/h17-18H,5-16H2,1-4H3,(H2,20,21,22);1H.